The Labute approximate surface area is 126 Å². The minimum absolute atomic E-state index is 0.744. The highest BCUT2D eigenvalue weighted by molar-refractivity contribution is 4.90. The van der Waals surface area contributed by atoms with Gasteiger partial charge in [0.2, 0.25) is 0 Å². The lowest BCUT2D eigenvalue weighted by molar-refractivity contribution is 0.0851. The molecule has 20 heavy (non-hydrogen) atoms. The molecule has 1 saturated carbocycles. The fourth-order valence-corrected chi connectivity index (χ4v) is 4.03. The zero-order valence-corrected chi connectivity index (χ0v) is 13.9. The van der Waals surface area contributed by atoms with E-state index in [-0.39, 0.29) is 0 Å². The van der Waals surface area contributed by atoms with Gasteiger partial charge >= 0.3 is 0 Å². The summed E-state index contributed by atoms with van der Waals surface area (Å²) in [5, 5.41) is 3.84. The monoisotopic (exact) mass is 281 g/mol. The first-order valence-corrected chi connectivity index (χ1v) is 8.86. The molecule has 2 aliphatic rings. The van der Waals surface area contributed by atoms with E-state index in [0.29, 0.717) is 0 Å². The van der Waals surface area contributed by atoms with E-state index >= 15 is 0 Å². The van der Waals surface area contributed by atoms with Crippen LogP contribution in [-0.4, -0.2) is 61.7 Å². The summed E-state index contributed by atoms with van der Waals surface area (Å²) in [4.78, 5) is 5.22. The number of nitrogens with zero attached hydrogens (tertiary/aromatic N) is 2. The van der Waals surface area contributed by atoms with Crippen molar-refractivity contribution in [2.75, 3.05) is 33.7 Å². The van der Waals surface area contributed by atoms with Crippen molar-refractivity contribution in [2.45, 2.75) is 76.4 Å². The molecule has 0 aromatic heterocycles. The molecule has 0 aromatic rings. The summed E-state index contributed by atoms with van der Waals surface area (Å²) in [5.74, 6) is 0. The molecule has 2 rings (SSSR count). The summed E-state index contributed by atoms with van der Waals surface area (Å²) >= 11 is 0. The van der Waals surface area contributed by atoms with Gasteiger partial charge in [-0.2, -0.15) is 0 Å². The van der Waals surface area contributed by atoms with Crippen molar-refractivity contribution < 1.29 is 0 Å². The van der Waals surface area contributed by atoms with Crippen LogP contribution in [-0.2, 0) is 0 Å². The number of nitrogens with one attached hydrogen (secondary N) is 1. The molecular weight excluding hydrogens is 246 g/mol. The van der Waals surface area contributed by atoms with Gasteiger partial charge < -0.3 is 10.2 Å². The topological polar surface area (TPSA) is 18.5 Å². The molecular formula is C17H35N3. The second kappa shape index (κ2) is 8.35. The summed E-state index contributed by atoms with van der Waals surface area (Å²) in [6.07, 6.45) is 11.1. The average molecular weight is 281 g/mol. The summed E-state index contributed by atoms with van der Waals surface area (Å²) in [7, 11) is 4.47. The van der Waals surface area contributed by atoms with Gasteiger partial charge in [-0.1, -0.05) is 26.2 Å². The molecule has 0 radical (unpaired) electrons. The van der Waals surface area contributed by atoms with Crippen LogP contribution in [0.1, 0.15) is 58.3 Å². The molecule has 0 aromatic carbocycles. The van der Waals surface area contributed by atoms with Crippen LogP contribution in [0, 0.1) is 0 Å². The van der Waals surface area contributed by atoms with Crippen LogP contribution in [0.4, 0.5) is 0 Å². The van der Waals surface area contributed by atoms with Crippen LogP contribution < -0.4 is 5.32 Å². The fraction of sp³-hybridized carbons (Fsp3) is 1.00. The fourth-order valence-electron chi connectivity index (χ4n) is 4.03. The van der Waals surface area contributed by atoms with Gasteiger partial charge in [0, 0.05) is 18.1 Å². The molecule has 0 amide bonds. The Hall–Kier alpha value is -0.120. The Morgan fingerprint density at radius 1 is 1.00 bits per heavy atom. The number of piperidine rings is 1. The van der Waals surface area contributed by atoms with E-state index in [4.69, 9.17) is 0 Å². The van der Waals surface area contributed by atoms with Crippen molar-refractivity contribution >= 4 is 0 Å². The van der Waals surface area contributed by atoms with Gasteiger partial charge in [0.15, 0.2) is 0 Å². The van der Waals surface area contributed by atoms with Crippen molar-refractivity contribution in [3.8, 4) is 0 Å². The van der Waals surface area contributed by atoms with Gasteiger partial charge in [-0.3, -0.25) is 4.90 Å². The maximum Gasteiger partial charge on any atom is 0.0249 e. The summed E-state index contributed by atoms with van der Waals surface area (Å²) in [6.45, 7) is 6.08. The van der Waals surface area contributed by atoms with Crippen LogP contribution in [0.25, 0.3) is 0 Å². The minimum Gasteiger partial charge on any atom is -0.312 e. The Kier molecular flexibility index (Phi) is 6.79. The lowest BCUT2D eigenvalue weighted by Crippen LogP contribution is -2.53. The second-order valence-corrected chi connectivity index (χ2v) is 7.00. The Balaban J connectivity index is 1.90. The molecule has 3 heteroatoms. The molecule has 0 bridgehead atoms. The smallest absolute Gasteiger partial charge is 0.0249 e. The van der Waals surface area contributed by atoms with Crippen LogP contribution >= 0.6 is 0 Å². The molecule has 1 heterocycles. The zero-order chi connectivity index (χ0) is 14.4. The molecule has 2 atom stereocenters. The lowest BCUT2D eigenvalue weighted by Gasteiger charge is -2.42. The third-order valence-electron chi connectivity index (χ3n) is 5.33. The molecule has 1 saturated heterocycles. The SMILES string of the molecule is CCCNC1CCCCCC1N1CCC(N(C)C)CC1. The van der Waals surface area contributed by atoms with E-state index in [1.807, 2.05) is 0 Å². The van der Waals surface area contributed by atoms with Crippen molar-refractivity contribution in [1.82, 2.24) is 15.1 Å². The third kappa shape index (κ3) is 4.44. The number of hydrogen-bond donors (Lipinski definition) is 1. The van der Waals surface area contributed by atoms with Crippen LogP contribution in [0.15, 0.2) is 0 Å². The molecule has 118 valence electrons. The van der Waals surface area contributed by atoms with Crippen molar-refractivity contribution in [3.05, 3.63) is 0 Å². The largest absolute Gasteiger partial charge is 0.312 e. The van der Waals surface area contributed by atoms with E-state index in [1.54, 1.807) is 0 Å². The summed E-state index contributed by atoms with van der Waals surface area (Å²) in [6, 6.07) is 2.35. The molecule has 0 spiro atoms. The highest BCUT2D eigenvalue weighted by atomic mass is 15.2. The molecule has 3 nitrogen and oxygen atoms in total. The Morgan fingerprint density at radius 3 is 2.35 bits per heavy atom. The number of hydrogen-bond acceptors (Lipinski definition) is 3. The Bertz CT molecular complexity index is 259. The molecule has 2 fully saturated rings. The highest BCUT2D eigenvalue weighted by Crippen LogP contribution is 2.26. The van der Waals surface area contributed by atoms with Gasteiger partial charge in [0.25, 0.3) is 0 Å². The first kappa shape index (κ1) is 16.3. The van der Waals surface area contributed by atoms with Gasteiger partial charge in [0.1, 0.15) is 0 Å². The highest BCUT2D eigenvalue weighted by Gasteiger charge is 2.31. The maximum atomic E-state index is 3.84. The summed E-state index contributed by atoms with van der Waals surface area (Å²) in [5.41, 5.74) is 0. The van der Waals surface area contributed by atoms with Crippen LogP contribution in [0.3, 0.4) is 0 Å². The van der Waals surface area contributed by atoms with E-state index < -0.39 is 0 Å². The number of rotatable bonds is 5. The van der Waals surface area contributed by atoms with Gasteiger partial charge in [0.05, 0.1) is 0 Å². The first-order chi connectivity index (χ1) is 9.72. The van der Waals surface area contributed by atoms with E-state index in [2.05, 4.69) is 36.1 Å². The molecule has 1 aliphatic heterocycles. The first-order valence-electron chi connectivity index (χ1n) is 8.86. The van der Waals surface area contributed by atoms with Crippen LogP contribution in [0.5, 0.6) is 0 Å². The van der Waals surface area contributed by atoms with E-state index in [9.17, 15) is 0 Å². The second-order valence-electron chi connectivity index (χ2n) is 7.00. The standard InChI is InChI=1S/C17H35N3/c1-4-12-18-16-8-6-5-7-9-17(16)20-13-10-15(11-14-20)19(2)3/h15-18H,4-14H2,1-3H3. The predicted octanol–water partition coefficient (Wildman–Crippen LogP) is 2.71. The summed E-state index contributed by atoms with van der Waals surface area (Å²) < 4.78 is 0. The zero-order valence-electron chi connectivity index (χ0n) is 13.9. The van der Waals surface area contributed by atoms with Crippen molar-refractivity contribution in [2.24, 2.45) is 0 Å². The third-order valence-corrected chi connectivity index (χ3v) is 5.33. The van der Waals surface area contributed by atoms with Crippen molar-refractivity contribution in [1.29, 1.82) is 0 Å². The molecule has 1 N–H and O–H groups in total. The molecule has 2 unspecified atom stereocenters. The van der Waals surface area contributed by atoms with E-state index in [0.717, 1.165) is 18.1 Å². The maximum absolute atomic E-state index is 3.84. The quantitative estimate of drug-likeness (QED) is 0.782. The molecule has 1 aliphatic carbocycles. The average Bonchev–Trinajstić information content (AvgIpc) is 2.70. The van der Waals surface area contributed by atoms with Gasteiger partial charge in [-0.05, 0) is 65.8 Å². The minimum atomic E-state index is 0.744. The van der Waals surface area contributed by atoms with Gasteiger partial charge in [-0.15, -0.1) is 0 Å². The van der Waals surface area contributed by atoms with Gasteiger partial charge in [-0.25, -0.2) is 0 Å². The normalized spacial score (nSPS) is 30.6. The van der Waals surface area contributed by atoms with Crippen molar-refractivity contribution in [3.63, 3.8) is 0 Å². The Morgan fingerprint density at radius 2 is 1.70 bits per heavy atom. The van der Waals surface area contributed by atoms with E-state index in [1.165, 1.54) is 71.0 Å². The number of likely N-dealkylation sites (tertiary alicyclic amines) is 1. The lowest BCUT2D eigenvalue weighted by atomic mass is 9.96. The predicted molar refractivity (Wildman–Crippen MR) is 87.2 cm³/mol. The van der Waals surface area contributed by atoms with Crippen LogP contribution in [0.2, 0.25) is 0 Å².